The molecule has 0 aliphatic carbocycles. The molecule has 0 saturated heterocycles. The number of ketones is 1. The van der Waals surface area contributed by atoms with Gasteiger partial charge in [0.15, 0.2) is 5.78 Å². The molecule has 0 saturated carbocycles. The highest BCUT2D eigenvalue weighted by atomic mass is 16.5. The molecule has 0 aliphatic rings. The SMILES string of the molecule is O=C(C=Cc1ccc(OCc2ccccc2)cc1)C=Cc1ccc(OCc2ccccc2)cc1. The van der Waals surface area contributed by atoms with Gasteiger partial charge in [0, 0.05) is 0 Å². The molecule has 0 radical (unpaired) electrons. The lowest BCUT2D eigenvalue weighted by Crippen LogP contribution is -1.94. The Balaban J connectivity index is 1.24. The summed E-state index contributed by atoms with van der Waals surface area (Å²) < 4.78 is 11.6. The lowest BCUT2D eigenvalue weighted by atomic mass is 10.1. The van der Waals surface area contributed by atoms with Crippen LogP contribution in [0.3, 0.4) is 0 Å². The fraction of sp³-hybridized carbons (Fsp3) is 0.0645. The van der Waals surface area contributed by atoms with Crippen molar-refractivity contribution in [3.05, 3.63) is 144 Å². The van der Waals surface area contributed by atoms with E-state index in [1.807, 2.05) is 109 Å². The van der Waals surface area contributed by atoms with Crippen molar-refractivity contribution in [3.8, 4) is 11.5 Å². The molecule has 168 valence electrons. The van der Waals surface area contributed by atoms with E-state index >= 15 is 0 Å². The maximum atomic E-state index is 12.2. The van der Waals surface area contributed by atoms with Gasteiger partial charge in [0.05, 0.1) is 0 Å². The molecule has 4 aromatic carbocycles. The number of allylic oxidation sites excluding steroid dienone is 2. The summed E-state index contributed by atoms with van der Waals surface area (Å²) in [5.41, 5.74) is 4.12. The summed E-state index contributed by atoms with van der Waals surface area (Å²) in [5, 5.41) is 0. The Morgan fingerprint density at radius 1 is 0.529 bits per heavy atom. The molecule has 0 atom stereocenters. The number of carbonyl (C=O) groups excluding carboxylic acids is 1. The molecule has 3 heteroatoms. The summed E-state index contributed by atoms with van der Waals surface area (Å²) in [4.78, 5) is 12.2. The van der Waals surface area contributed by atoms with Crippen molar-refractivity contribution in [3.63, 3.8) is 0 Å². The summed E-state index contributed by atoms with van der Waals surface area (Å²) in [6.45, 7) is 1.05. The summed E-state index contributed by atoms with van der Waals surface area (Å²) in [6, 6.07) is 35.4. The molecule has 0 spiro atoms. The van der Waals surface area contributed by atoms with E-state index < -0.39 is 0 Å². The van der Waals surface area contributed by atoms with Gasteiger partial charge in [0.1, 0.15) is 24.7 Å². The molecule has 0 N–H and O–H groups in total. The highest BCUT2D eigenvalue weighted by Gasteiger charge is 1.98. The second-order valence-corrected chi connectivity index (χ2v) is 7.76. The van der Waals surface area contributed by atoms with Crippen LogP contribution in [-0.4, -0.2) is 5.78 Å². The normalized spacial score (nSPS) is 11.1. The molecular formula is C31H26O3. The molecule has 0 aliphatic heterocycles. The molecule has 0 aromatic heterocycles. The lowest BCUT2D eigenvalue weighted by Gasteiger charge is -2.06. The Kier molecular flexibility index (Phi) is 8.07. The van der Waals surface area contributed by atoms with Gasteiger partial charge in [0.2, 0.25) is 0 Å². The van der Waals surface area contributed by atoms with Crippen LogP contribution in [0.4, 0.5) is 0 Å². The van der Waals surface area contributed by atoms with Crippen LogP contribution in [0.5, 0.6) is 11.5 Å². The monoisotopic (exact) mass is 446 g/mol. The Morgan fingerprint density at radius 3 is 1.29 bits per heavy atom. The van der Waals surface area contributed by atoms with Crippen molar-refractivity contribution in [1.82, 2.24) is 0 Å². The zero-order valence-corrected chi connectivity index (χ0v) is 18.8. The predicted octanol–water partition coefficient (Wildman–Crippen LogP) is 7.14. The first-order valence-electron chi connectivity index (χ1n) is 11.2. The van der Waals surface area contributed by atoms with Crippen LogP contribution in [0.15, 0.2) is 121 Å². The first-order chi connectivity index (χ1) is 16.7. The third kappa shape index (κ3) is 7.35. The second kappa shape index (κ2) is 12.0. The van der Waals surface area contributed by atoms with E-state index in [1.165, 1.54) is 0 Å². The fourth-order valence-corrected chi connectivity index (χ4v) is 3.24. The first-order valence-corrected chi connectivity index (χ1v) is 11.2. The molecule has 4 rings (SSSR count). The molecule has 0 amide bonds. The Bertz CT molecular complexity index is 1120. The molecule has 34 heavy (non-hydrogen) atoms. The third-order valence-electron chi connectivity index (χ3n) is 5.14. The van der Waals surface area contributed by atoms with Crippen LogP contribution >= 0.6 is 0 Å². The van der Waals surface area contributed by atoms with E-state index in [-0.39, 0.29) is 5.78 Å². The minimum Gasteiger partial charge on any atom is -0.489 e. The average molecular weight is 447 g/mol. The maximum absolute atomic E-state index is 12.2. The topological polar surface area (TPSA) is 35.5 Å². The van der Waals surface area contributed by atoms with Crippen molar-refractivity contribution >= 4 is 17.9 Å². The van der Waals surface area contributed by atoms with Crippen LogP contribution in [0.1, 0.15) is 22.3 Å². The quantitative estimate of drug-likeness (QED) is 0.243. The Labute approximate surface area is 200 Å². The van der Waals surface area contributed by atoms with E-state index in [0.29, 0.717) is 13.2 Å². The Hall–Kier alpha value is -4.37. The highest BCUT2D eigenvalue weighted by molar-refractivity contribution is 6.04. The number of carbonyl (C=O) groups is 1. The highest BCUT2D eigenvalue weighted by Crippen LogP contribution is 2.16. The summed E-state index contributed by atoms with van der Waals surface area (Å²) in [7, 11) is 0. The van der Waals surface area contributed by atoms with Gasteiger partial charge in [-0.3, -0.25) is 4.79 Å². The molecule has 0 fully saturated rings. The number of rotatable bonds is 10. The van der Waals surface area contributed by atoms with Crippen LogP contribution in [0.25, 0.3) is 12.2 Å². The van der Waals surface area contributed by atoms with Gasteiger partial charge in [-0.2, -0.15) is 0 Å². The number of benzene rings is 4. The van der Waals surface area contributed by atoms with Crippen molar-refractivity contribution in [2.45, 2.75) is 13.2 Å². The average Bonchev–Trinajstić information content (AvgIpc) is 2.91. The van der Waals surface area contributed by atoms with Gasteiger partial charge >= 0.3 is 0 Å². The summed E-state index contributed by atoms with van der Waals surface area (Å²) >= 11 is 0. The Morgan fingerprint density at radius 2 is 0.912 bits per heavy atom. The van der Waals surface area contributed by atoms with E-state index in [9.17, 15) is 4.79 Å². The molecule has 4 aromatic rings. The number of hydrogen-bond donors (Lipinski definition) is 0. The van der Waals surface area contributed by atoms with E-state index in [1.54, 1.807) is 24.3 Å². The largest absolute Gasteiger partial charge is 0.489 e. The predicted molar refractivity (Wildman–Crippen MR) is 138 cm³/mol. The van der Waals surface area contributed by atoms with Crippen molar-refractivity contribution in [2.75, 3.05) is 0 Å². The van der Waals surface area contributed by atoms with Crippen LogP contribution < -0.4 is 9.47 Å². The third-order valence-corrected chi connectivity index (χ3v) is 5.14. The van der Waals surface area contributed by atoms with Crippen LogP contribution in [0, 0.1) is 0 Å². The zero-order valence-electron chi connectivity index (χ0n) is 18.8. The van der Waals surface area contributed by atoms with Gasteiger partial charge in [-0.05, 0) is 58.7 Å². The fourth-order valence-electron chi connectivity index (χ4n) is 3.24. The zero-order chi connectivity index (χ0) is 23.4. The van der Waals surface area contributed by atoms with Gasteiger partial charge in [0.25, 0.3) is 0 Å². The first kappa shape index (κ1) is 22.8. The number of ether oxygens (including phenoxy) is 2. The van der Waals surface area contributed by atoms with Gasteiger partial charge < -0.3 is 9.47 Å². The van der Waals surface area contributed by atoms with Gasteiger partial charge in [-0.15, -0.1) is 0 Å². The molecular weight excluding hydrogens is 420 g/mol. The summed E-state index contributed by atoms with van der Waals surface area (Å²) in [6.07, 6.45) is 6.73. The van der Waals surface area contributed by atoms with Crippen molar-refractivity contribution in [1.29, 1.82) is 0 Å². The lowest BCUT2D eigenvalue weighted by molar-refractivity contribution is -0.110. The van der Waals surface area contributed by atoms with E-state index in [0.717, 1.165) is 33.8 Å². The van der Waals surface area contributed by atoms with Gasteiger partial charge in [-0.25, -0.2) is 0 Å². The number of hydrogen-bond acceptors (Lipinski definition) is 3. The molecule has 0 heterocycles. The molecule has 0 unspecified atom stereocenters. The minimum absolute atomic E-state index is 0.0752. The van der Waals surface area contributed by atoms with Crippen LogP contribution in [0.2, 0.25) is 0 Å². The van der Waals surface area contributed by atoms with Crippen molar-refractivity contribution in [2.24, 2.45) is 0 Å². The van der Waals surface area contributed by atoms with Crippen LogP contribution in [-0.2, 0) is 18.0 Å². The minimum atomic E-state index is -0.0752. The smallest absolute Gasteiger partial charge is 0.178 e. The van der Waals surface area contributed by atoms with E-state index in [4.69, 9.17) is 9.47 Å². The summed E-state index contributed by atoms with van der Waals surface area (Å²) in [5.74, 6) is 1.51. The van der Waals surface area contributed by atoms with E-state index in [2.05, 4.69) is 0 Å². The standard InChI is InChI=1S/C31H26O3/c32-29(17-11-25-13-19-30(20-14-25)33-23-27-7-3-1-4-8-27)18-12-26-15-21-31(22-16-26)34-24-28-9-5-2-6-10-28/h1-22H,23-24H2. The molecule has 0 bridgehead atoms. The maximum Gasteiger partial charge on any atom is 0.178 e. The second-order valence-electron chi connectivity index (χ2n) is 7.76. The van der Waals surface area contributed by atoms with Crippen molar-refractivity contribution < 1.29 is 14.3 Å². The van der Waals surface area contributed by atoms with Gasteiger partial charge in [-0.1, -0.05) is 97.1 Å². The molecule has 3 nitrogen and oxygen atoms in total.